The number of rotatable bonds is 3. The van der Waals surface area contributed by atoms with Gasteiger partial charge in [-0.1, -0.05) is 6.07 Å². The smallest absolute Gasteiger partial charge is 0.399 e. The number of hydrogen-bond donors (Lipinski definition) is 1. The van der Waals surface area contributed by atoms with Gasteiger partial charge < -0.3 is 5.73 Å². The van der Waals surface area contributed by atoms with Crippen LogP contribution in [0.15, 0.2) is 48.5 Å². The Bertz CT molecular complexity index is 609. The molecule has 3 nitrogen and oxygen atoms in total. The predicted octanol–water partition coefficient (Wildman–Crippen LogP) is 3.58. The van der Waals surface area contributed by atoms with Crippen LogP contribution in [0.4, 0.5) is 30.2 Å². The van der Waals surface area contributed by atoms with E-state index in [1.807, 2.05) is 0 Å². The van der Waals surface area contributed by atoms with Gasteiger partial charge in [0, 0.05) is 17.1 Å². The Morgan fingerprint density at radius 1 is 1.00 bits per heavy atom. The van der Waals surface area contributed by atoms with E-state index in [9.17, 15) is 18.0 Å². The molecule has 2 aromatic rings. The second kappa shape index (κ2) is 5.24. The van der Waals surface area contributed by atoms with E-state index in [1.54, 1.807) is 24.3 Å². The van der Waals surface area contributed by atoms with Gasteiger partial charge >= 0.3 is 6.18 Å². The summed E-state index contributed by atoms with van der Waals surface area (Å²) in [6, 6.07) is 10.8. The topological polar surface area (TPSA) is 46.3 Å². The van der Waals surface area contributed by atoms with Gasteiger partial charge in [0.2, 0.25) is 6.41 Å². The van der Waals surface area contributed by atoms with Crippen LogP contribution in [0.5, 0.6) is 0 Å². The van der Waals surface area contributed by atoms with Gasteiger partial charge in [-0.3, -0.25) is 9.69 Å². The Morgan fingerprint density at radius 3 is 2.20 bits per heavy atom. The van der Waals surface area contributed by atoms with Crippen molar-refractivity contribution in [1.82, 2.24) is 0 Å². The summed E-state index contributed by atoms with van der Waals surface area (Å²) in [6.45, 7) is 0. The molecular weight excluding hydrogens is 269 g/mol. The summed E-state index contributed by atoms with van der Waals surface area (Å²) >= 11 is 0. The first-order valence-electron chi connectivity index (χ1n) is 5.69. The van der Waals surface area contributed by atoms with Crippen LogP contribution in [0, 0.1) is 0 Å². The van der Waals surface area contributed by atoms with Crippen molar-refractivity contribution in [1.29, 1.82) is 0 Å². The van der Waals surface area contributed by atoms with Crippen molar-refractivity contribution in [2.75, 3.05) is 10.6 Å². The second-order valence-corrected chi connectivity index (χ2v) is 4.12. The number of hydrogen-bond acceptors (Lipinski definition) is 2. The lowest BCUT2D eigenvalue weighted by Crippen LogP contribution is -2.15. The van der Waals surface area contributed by atoms with E-state index in [0.717, 1.165) is 17.0 Å². The quantitative estimate of drug-likeness (QED) is 0.690. The first-order valence-corrected chi connectivity index (χ1v) is 5.69. The summed E-state index contributed by atoms with van der Waals surface area (Å²) in [5.41, 5.74) is 5.80. The summed E-state index contributed by atoms with van der Waals surface area (Å²) in [6.07, 6.45) is -3.99. The zero-order valence-electron chi connectivity index (χ0n) is 10.3. The number of anilines is 3. The summed E-state index contributed by atoms with van der Waals surface area (Å²) in [5.74, 6) is 0. The largest absolute Gasteiger partial charge is 0.416 e. The fraction of sp³-hybridized carbons (Fsp3) is 0.0714. The van der Waals surface area contributed by atoms with Crippen molar-refractivity contribution in [3.05, 3.63) is 54.1 Å². The van der Waals surface area contributed by atoms with Crippen LogP contribution in [0.3, 0.4) is 0 Å². The summed E-state index contributed by atoms with van der Waals surface area (Å²) in [7, 11) is 0. The molecule has 0 saturated carbocycles. The van der Waals surface area contributed by atoms with Gasteiger partial charge in [-0.05, 0) is 42.5 Å². The molecule has 0 aliphatic rings. The molecule has 0 aromatic heterocycles. The van der Waals surface area contributed by atoms with E-state index in [0.29, 0.717) is 17.8 Å². The van der Waals surface area contributed by atoms with Gasteiger partial charge in [0.25, 0.3) is 0 Å². The Morgan fingerprint density at radius 2 is 1.65 bits per heavy atom. The highest BCUT2D eigenvalue weighted by Crippen LogP contribution is 2.33. The van der Waals surface area contributed by atoms with Crippen molar-refractivity contribution in [2.24, 2.45) is 0 Å². The first kappa shape index (κ1) is 13.9. The number of halogens is 3. The molecule has 0 heterocycles. The summed E-state index contributed by atoms with van der Waals surface area (Å²) in [4.78, 5) is 12.3. The summed E-state index contributed by atoms with van der Waals surface area (Å²) < 4.78 is 38.0. The monoisotopic (exact) mass is 280 g/mol. The fourth-order valence-electron chi connectivity index (χ4n) is 1.74. The zero-order valence-corrected chi connectivity index (χ0v) is 10.3. The predicted molar refractivity (Wildman–Crippen MR) is 70.5 cm³/mol. The van der Waals surface area contributed by atoms with Crippen molar-refractivity contribution >= 4 is 23.5 Å². The number of amides is 1. The summed E-state index contributed by atoms with van der Waals surface area (Å²) in [5, 5.41) is 0. The Kier molecular flexibility index (Phi) is 3.65. The van der Waals surface area contributed by atoms with Crippen LogP contribution in [0.2, 0.25) is 0 Å². The van der Waals surface area contributed by atoms with Crippen LogP contribution in [-0.2, 0) is 11.0 Å². The molecule has 0 bridgehead atoms. The molecule has 0 radical (unpaired) electrons. The molecule has 0 spiro atoms. The molecule has 0 unspecified atom stereocenters. The third-order valence-electron chi connectivity index (χ3n) is 2.73. The molecule has 2 N–H and O–H groups in total. The van der Waals surface area contributed by atoms with Crippen molar-refractivity contribution in [2.45, 2.75) is 6.18 Å². The van der Waals surface area contributed by atoms with Gasteiger partial charge in [-0.2, -0.15) is 13.2 Å². The van der Waals surface area contributed by atoms with Gasteiger partial charge in [-0.15, -0.1) is 0 Å². The third-order valence-corrected chi connectivity index (χ3v) is 2.73. The van der Waals surface area contributed by atoms with Crippen molar-refractivity contribution in [3.63, 3.8) is 0 Å². The molecule has 20 heavy (non-hydrogen) atoms. The van der Waals surface area contributed by atoms with Crippen LogP contribution < -0.4 is 10.6 Å². The van der Waals surface area contributed by atoms with Gasteiger partial charge in [0.05, 0.1) is 5.56 Å². The molecule has 0 fully saturated rings. The van der Waals surface area contributed by atoms with Gasteiger partial charge in [0.15, 0.2) is 0 Å². The normalized spacial score (nSPS) is 11.2. The highest BCUT2D eigenvalue weighted by molar-refractivity contribution is 5.86. The SMILES string of the molecule is Nc1ccc(N(C=O)c2cccc(C(F)(F)F)c2)cc1. The molecule has 1 amide bonds. The average molecular weight is 280 g/mol. The fourth-order valence-corrected chi connectivity index (χ4v) is 1.74. The molecule has 104 valence electrons. The number of carbonyl (C=O) groups excluding carboxylic acids is 1. The molecule has 0 aliphatic carbocycles. The molecule has 0 saturated heterocycles. The Balaban J connectivity index is 2.42. The second-order valence-electron chi connectivity index (χ2n) is 4.12. The maximum absolute atomic E-state index is 12.7. The lowest BCUT2D eigenvalue weighted by Gasteiger charge is -2.19. The number of nitrogens with two attached hydrogens (primary N) is 1. The molecule has 2 rings (SSSR count). The van der Waals surface area contributed by atoms with E-state index in [-0.39, 0.29) is 5.69 Å². The van der Waals surface area contributed by atoms with Crippen molar-refractivity contribution < 1.29 is 18.0 Å². The standard InChI is InChI=1S/C14H11F3N2O/c15-14(16,17)10-2-1-3-13(8-10)19(9-20)12-6-4-11(18)5-7-12/h1-9H,18H2. The number of benzene rings is 2. The van der Waals surface area contributed by atoms with Crippen LogP contribution >= 0.6 is 0 Å². The van der Waals surface area contributed by atoms with Crippen LogP contribution in [-0.4, -0.2) is 6.41 Å². The molecular formula is C14H11F3N2O. The first-order chi connectivity index (χ1) is 9.41. The lowest BCUT2D eigenvalue weighted by atomic mass is 10.1. The van der Waals surface area contributed by atoms with Gasteiger partial charge in [-0.25, -0.2) is 0 Å². The Hall–Kier alpha value is -2.50. The van der Waals surface area contributed by atoms with Gasteiger partial charge in [0.1, 0.15) is 0 Å². The third kappa shape index (κ3) is 2.90. The number of nitrogens with zero attached hydrogens (tertiary/aromatic N) is 1. The minimum atomic E-state index is -4.45. The maximum atomic E-state index is 12.7. The van der Waals surface area contributed by atoms with Crippen molar-refractivity contribution in [3.8, 4) is 0 Å². The van der Waals surface area contributed by atoms with Crippen LogP contribution in [0.25, 0.3) is 0 Å². The van der Waals surface area contributed by atoms with E-state index in [1.165, 1.54) is 12.1 Å². The highest BCUT2D eigenvalue weighted by atomic mass is 19.4. The minimum absolute atomic E-state index is 0.139. The van der Waals surface area contributed by atoms with Crippen LogP contribution in [0.1, 0.15) is 5.56 Å². The number of carbonyl (C=O) groups is 1. The molecule has 2 aromatic carbocycles. The lowest BCUT2D eigenvalue weighted by molar-refractivity contribution is -0.137. The minimum Gasteiger partial charge on any atom is -0.399 e. The van der Waals surface area contributed by atoms with E-state index < -0.39 is 11.7 Å². The molecule has 0 aliphatic heterocycles. The average Bonchev–Trinajstić information content (AvgIpc) is 2.41. The Labute approximate surface area is 113 Å². The maximum Gasteiger partial charge on any atom is 0.416 e. The van der Waals surface area contributed by atoms with E-state index >= 15 is 0 Å². The highest BCUT2D eigenvalue weighted by Gasteiger charge is 2.30. The zero-order chi connectivity index (χ0) is 14.8. The number of alkyl halides is 3. The number of nitrogen functional groups attached to an aromatic ring is 1. The van der Waals surface area contributed by atoms with E-state index in [4.69, 9.17) is 5.73 Å². The van der Waals surface area contributed by atoms with E-state index in [2.05, 4.69) is 0 Å². The molecule has 0 atom stereocenters. The molecule has 6 heteroatoms.